The molecule has 23 heavy (non-hydrogen) atoms. The molecule has 1 aliphatic rings. The monoisotopic (exact) mass is 357 g/mol. The van der Waals surface area contributed by atoms with E-state index in [1.165, 1.54) is 12.0 Å². The lowest BCUT2D eigenvalue weighted by Crippen LogP contribution is -2.42. The second-order valence-electron chi connectivity index (χ2n) is 5.39. The lowest BCUT2D eigenvalue weighted by Gasteiger charge is -2.23. The number of carbonyl (C=O) groups is 1. The third-order valence-corrected chi connectivity index (χ3v) is 3.77. The van der Waals surface area contributed by atoms with Crippen LogP contribution in [0.5, 0.6) is 0 Å². The minimum absolute atomic E-state index is 0. The van der Waals surface area contributed by atoms with E-state index >= 15 is 0 Å². The van der Waals surface area contributed by atoms with Gasteiger partial charge < -0.3 is 15.1 Å². The van der Waals surface area contributed by atoms with Crippen molar-refractivity contribution in [2.75, 3.05) is 13.1 Å². The molecular weight excluding hydrogens is 337 g/mol. The van der Waals surface area contributed by atoms with Gasteiger partial charge in [-0.25, -0.2) is 4.98 Å². The predicted octanol–water partition coefficient (Wildman–Crippen LogP) is 2.98. The zero-order valence-electron chi connectivity index (χ0n) is 12.9. The Kier molecular flexibility index (Phi) is 7.55. The Balaban J connectivity index is 0.00000132. The first kappa shape index (κ1) is 19.5. The highest BCUT2D eigenvalue weighted by Gasteiger charge is 2.22. The zero-order chi connectivity index (χ0) is 14.7. The van der Waals surface area contributed by atoms with Crippen LogP contribution in [0.3, 0.4) is 0 Å². The summed E-state index contributed by atoms with van der Waals surface area (Å²) in [7, 11) is 0. The van der Waals surface area contributed by atoms with Crippen LogP contribution in [0, 0.1) is 6.92 Å². The summed E-state index contributed by atoms with van der Waals surface area (Å²) in [6.07, 6.45) is 3.22. The van der Waals surface area contributed by atoms with Gasteiger partial charge in [0.25, 0.3) is 5.91 Å². The number of hydrogen-bond acceptors (Lipinski definition) is 4. The number of oxazole rings is 1. The molecule has 1 fully saturated rings. The van der Waals surface area contributed by atoms with Gasteiger partial charge in [0, 0.05) is 11.6 Å². The number of carbonyl (C=O) groups excluding carboxylic acids is 1. The molecular formula is C16H21Cl2N3O2. The van der Waals surface area contributed by atoms with Crippen LogP contribution in [0.15, 0.2) is 35.1 Å². The number of aromatic nitrogens is 1. The Morgan fingerprint density at radius 2 is 1.87 bits per heavy atom. The van der Waals surface area contributed by atoms with Crippen molar-refractivity contribution in [3.05, 3.63) is 41.9 Å². The van der Waals surface area contributed by atoms with Crippen LogP contribution in [0.25, 0.3) is 11.3 Å². The van der Waals surface area contributed by atoms with Crippen LogP contribution in [-0.2, 0) is 0 Å². The number of benzene rings is 1. The largest absolute Gasteiger partial charge is 0.443 e. The molecule has 5 nitrogen and oxygen atoms in total. The maximum absolute atomic E-state index is 12.4. The van der Waals surface area contributed by atoms with E-state index < -0.39 is 0 Å². The summed E-state index contributed by atoms with van der Waals surface area (Å²) in [5.74, 6) is 0.368. The number of rotatable bonds is 3. The molecule has 1 aliphatic heterocycles. The summed E-state index contributed by atoms with van der Waals surface area (Å²) in [6.45, 7) is 3.90. The number of hydrogen-bond donors (Lipinski definition) is 2. The van der Waals surface area contributed by atoms with Crippen molar-refractivity contribution in [3.8, 4) is 11.3 Å². The molecule has 1 saturated heterocycles. The maximum Gasteiger partial charge on any atom is 0.274 e. The highest BCUT2D eigenvalue weighted by Crippen LogP contribution is 2.23. The molecule has 0 atom stereocenters. The van der Waals surface area contributed by atoms with Crippen LogP contribution in [0.4, 0.5) is 0 Å². The molecule has 0 spiro atoms. The van der Waals surface area contributed by atoms with Gasteiger partial charge in [-0.2, -0.15) is 0 Å². The molecule has 1 aromatic carbocycles. The van der Waals surface area contributed by atoms with Gasteiger partial charge in [-0.1, -0.05) is 29.8 Å². The third-order valence-electron chi connectivity index (χ3n) is 3.77. The Morgan fingerprint density at radius 1 is 1.22 bits per heavy atom. The SMILES string of the molecule is Cc1ccc(-c2ocnc2C(=O)NC2CCNCC2)cc1.Cl.Cl. The van der Waals surface area contributed by atoms with Gasteiger partial charge in [-0.05, 0) is 32.9 Å². The average Bonchev–Trinajstić information content (AvgIpc) is 2.98. The highest BCUT2D eigenvalue weighted by atomic mass is 35.5. The fraction of sp³-hybridized carbons (Fsp3) is 0.375. The van der Waals surface area contributed by atoms with Crippen molar-refractivity contribution in [3.63, 3.8) is 0 Å². The number of aryl methyl sites for hydroxylation is 1. The second-order valence-corrected chi connectivity index (χ2v) is 5.39. The highest BCUT2D eigenvalue weighted by molar-refractivity contribution is 5.97. The number of nitrogens with zero attached hydrogens (tertiary/aromatic N) is 1. The van der Waals surface area contributed by atoms with E-state index in [2.05, 4.69) is 15.6 Å². The Morgan fingerprint density at radius 3 is 2.52 bits per heavy atom. The Labute approximate surface area is 148 Å². The first-order chi connectivity index (χ1) is 10.2. The van der Waals surface area contributed by atoms with E-state index in [-0.39, 0.29) is 36.8 Å². The molecule has 2 heterocycles. The van der Waals surface area contributed by atoms with Crippen molar-refractivity contribution in [1.82, 2.24) is 15.6 Å². The van der Waals surface area contributed by atoms with Crippen LogP contribution in [0.1, 0.15) is 28.9 Å². The van der Waals surface area contributed by atoms with E-state index in [1.807, 2.05) is 31.2 Å². The quantitative estimate of drug-likeness (QED) is 0.885. The fourth-order valence-electron chi connectivity index (χ4n) is 2.54. The normalized spacial score (nSPS) is 14.5. The van der Waals surface area contributed by atoms with Crippen molar-refractivity contribution in [1.29, 1.82) is 0 Å². The number of amides is 1. The number of piperidine rings is 1. The minimum atomic E-state index is -0.161. The fourth-order valence-corrected chi connectivity index (χ4v) is 2.54. The lowest BCUT2D eigenvalue weighted by atomic mass is 10.1. The van der Waals surface area contributed by atoms with Gasteiger partial charge in [0.1, 0.15) is 0 Å². The first-order valence-electron chi connectivity index (χ1n) is 7.26. The Bertz CT molecular complexity index is 623. The Hall–Kier alpha value is -1.56. The number of halogens is 2. The van der Waals surface area contributed by atoms with E-state index in [4.69, 9.17) is 4.42 Å². The van der Waals surface area contributed by atoms with Crippen molar-refractivity contribution in [2.24, 2.45) is 0 Å². The third kappa shape index (κ3) is 4.70. The smallest absolute Gasteiger partial charge is 0.274 e. The summed E-state index contributed by atoms with van der Waals surface area (Å²) in [6, 6.07) is 8.08. The average molecular weight is 358 g/mol. The molecule has 7 heteroatoms. The van der Waals surface area contributed by atoms with Crippen LogP contribution < -0.4 is 10.6 Å². The summed E-state index contributed by atoms with van der Waals surface area (Å²) >= 11 is 0. The van der Waals surface area contributed by atoms with E-state index in [1.54, 1.807) is 0 Å². The summed E-state index contributed by atoms with van der Waals surface area (Å²) in [5.41, 5.74) is 2.39. The van der Waals surface area contributed by atoms with Crippen molar-refractivity contribution < 1.29 is 9.21 Å². The van der Waals surface area contributed by atoms with Gasteiger partial charge >= 0.3 is 0 Å². The van der Waals surface area contributed by atoms with E-state index in [9.17, 15) is 4.79 Å². The van der Waals surface area contributed by atoms with Crippen LogP contribution >= 0.6 is 24.8 Å². The minimum Gasteiger partial charge on any atom is -0.443 e. The first-order valence-corrected chi connectivity index (χ1v) is 7.26. The van der Waals surface area contributed by atoms with E-state index in [0.717, 1.165) is 31.5 Å². The molecule has 126 valence electrons. The van der Waals surface area contributed by atoms with Gasteiger partial charge in [0.15, 0.2) is 17.8 Å². The summed E-state index contributed by atoms with van der Waals surface area (Å²) in [4.78, 5) is 16.5. The zero-order valence-corrected chi connectivity index (χ0v) is 14.5. The van der Waals surface area contributed by atoms with Gasteiger partial charge in [0.2, 0.25) is 0 Å². The molecule has 2 aromatic rings. The van der Waals surface area contributed by atoms with Crippen molar-refractivity contribution >= 4 is 30.7 Å². The van der Waals surface area contributed by atoms with Crippen LogP contribution in [-0.4, -0.2) is 30.0 Å². The van der Waals surface area contributed by atoms with Crippen molar-refractivity contribution in [2.45, 2.75) is 25.8 Å². The topological polar surface area (TPSA) is 67.2 Å². The molecule has 1 aromatic heterocycles. The predicted molar refractivity (Wildman–Crippen MR) is 94.5 cm³/mol. The molecule has 0 bridgehead atoms. The molecule has 0 radical (unpaired) electrons. The van der Waals surface area contributed by atoms with Crippen LogP contribution in [0.2, 0.25) is 0 Å². The molecule has 0 saturated carbocycles. The lowest BCUT2D eigenvalue weighted by molar-refractivity contribution is 0.0925. The molecule has 2 N–H and O–H groups in total. The number of nitrogens with one attached hydrogen (secondary N) is 2. The molecule has 0 unspecified atom stereocenters. The van der Waals surface area contributed by atoms with Gasteiger partial charge in [0.05, 0.1) is 0 Å². The van der Waals surface area contributed by atoms with Gasteiger partial charge in [-0.3, -0.25) is 4.79 Å². The second kappa shape index (κ2) is 8.91. The molecule has 3 rings (SSSR count). The summed E-state index contributed by atoms with van der Waals surface area (Å²) < 4.78 is 5.42. The summed E-state index contributed by atoms with van der Waals surface area (Å²) in [5, 5.41) is 6.32. The van der Waals surface area contributed by atoms with E-state index in [0.29, 0.717) is 11.5 Å². The molecule has 1 amide bonds. The maximum atomic E-state index is 12.4. The van der Waals surface area contributed by atoms with Gasteiger partial charge in [-0.15, -0.1) is 24.8 Å². The molecule has 0 aliphatic carbocycles. The standard InChI is InChI=1S/C16H19N3O2.2ClH/c1-11-2-4-12(5-3-11)15-14(18-10-21-15)16(20)19-13-6-8-17-9-7-13;;/h2-5,10,13,17H,6-9H2,1H3,(H,19,20);2*1H.